The fraction of sp³-hybridized carbons (Fsp3) is 0.519. The molecule has 5 nitrogen and oxygen atoms in total. The van der Waals surface area contributed by atoms with Gasteiger partial charge in [-0.1, -0.05) is 48.0 Å². The van der Waals surface area contributed by atoms with Crippen LogP contribution in [0.3, 0.4) is 0 Å². The molecule has 3 heterocycles. The monoisotopic (exact) mass is 435 g/mol. The third-order valence-electron chi connectivity index (χ3n) is 7.54. The van der Waals surface area contributed by atoms with Gasteiger partial charge in [0.1, 0.15) is 11.9 Å². The molecule has 32 heavy (non-hydrogen) atoms. The van der Waals surface area contributed by atoms with Gasteiger partial charge in [0.25, 0.3) is 0 Å². The van der Waals surface area contributed by atoms with E-state index in [0.717, 1.165) is 56.5 Å². The summed E-state index contributed by atoms with van der Waals surface area (Å²) in [6.45, 7) is 5.46. The second kappa shape index (κ2) is 8.87. The van der Waals surface area contributed by atoms with Crippen LogP contribution in [0.5, 0.6) is 5.75 Å². The van der Waals surface area contributed by atoms with Crippen molar-refractivity contribution in [2.45, 2.75) is 56.1 Å². The number of rotatable bonds is 4. The Morgan fingerprint density at radius 3 is 2.34 bits per heavy atom. The molecule has 0 bridgehead atoms. The standard InChI is InChI=1S/C27H33NO4/c1-21-7-9-22(10-8-21)27(13-17-30-18-14-27)25(29)28-15-11-26(12-16-28)19-24(20-31-26)32-23-5-3-2-4-6-23/h2-10,24H,11-20H2,1H3/t24-/m0/s1. The summed E-state index contributed by atoms with van der Waals surface area (Å²) in [5.41, 5.74) is 1.72. The molecule has 1 amide bonds. The number of para-hydroxylation sites is 1. The van der Waals surface area contributed by atoms with Crippen LogP contribution in [0.2, 0.25) is 0 Å². The lowest BCUT2D eigenvalue weighted by molar-refractivity contribution is -0.146. The summed E-state index contributed by atoms with van der Waals surface area (Å²) in [5, 5.41) is 0. The van der Waals surface area contributed by atoms with Crippen molar-refractivity contribution in [3.8, 4) is 5.75 Å². The van der Waals surface area contributed by atoms with Crippen molar-refractivity contribution in [2.24, 2.45) is 0 Å². The number of carbonyl (C=O) groups excluding carboxylic acids is 1. The fourth-order valence-electron chi connectivity index (χ4n) is 5.56. The number of nitrogens with zero attached hydrogens (tertiary/aromatic N) is 1. The summed E-state index contributed by atoms with van der Waals surface area (Å²) in [4.78, 5) is 15.9. The zero-order valence-electron chi connectivity index (χ0n) is 18.9. The number of carbonyl (C=O) groups is 1. The Balaban J connectivity index is 1.25. The number of piperidine rings is 1. The molecule has 1 spiro atoms. The van der Waals surface area contributed by atoms with E-state index in [1.54, 1.807) is 0 Å². The van der Waals surface area contributed by atoms with Gasteiger partial charge in [0.15, 0.2) is 0 Å². The molecule has 0 radical (unpaired) electrons. The first kappa shape index (κ1) is 21.5. The highest BCUT2D eigenvalue weighted by Gasteiger charge is 2.48. The molecule has 170 valence electrons. The first-order valence-corrected chi connectivity index (χ1v) is 11.9. The summed E-state index contributed by atoms with van der Waals surface area (Å²) in [5.74, 6) is 1.15. The van der Waals surface area contributed by atoms with E-state index >= 15 is 0 Å². The highest BCUT2D eigenvalue weighted by molar-refractivity contribution is 5.88. The maximum atomic E-state index is 13.9. The number of amides is 1. The van der Waals surface area contributed by atoms with Crippen molar-refractivity contribution in [1.82, 2.24) is 4.90 Å². The van der Waals surface area contributed by atoms with Crippen LogP contribution in [0.25, 0.3) is 0 Å². The summed E-state index contributed by atoms with van der Waals surface area (Å²) < 4.78 is 18.1. The van der Waals surface area contributed by atoms with Gasteiger partial charge in [-0.25, -0.2) is 0 Å². The maximum Gasteiger partial charge on any atom is 0.233 e. The average molecular weight is 436 g/mol. The Hall–Kier alpha value is -2.37. The highest BCUT2D eigenvalue weighted by atomic mass is 16.6. The quantitative estimate of drug-likeness (QED) is 0.720. The van der Waals surface area contributed by atoms with E-state index < -0.39 is 5.41 Å². The van der Waals surface area contributed by atoms with Gasteiger partial charge in [-0.3, -0.25) is 4.79 Å². The lowest BCUT2D eigenvalue weighted by Gasteiger charge is -2.44. The van der Waals surface area contributed by atoms with Crippen LogP contribution >= 0.6 is 0 Å². The minimum absolute atomic E-state index is 0.0778. The molecule has 3 aliphatic rings. The lowest BCUT2D eigenvalue weighted by atomic mass is 9.72. The van der Waals surface area contributed by atoms with Crippen LogP contribution < -0.4 is 4.74 Å². The Labute approximate surface area is 190 Å². The Bertz CT molecular complexity index is 912. The van der Waals surface area contributed by atoms with E-state index in [1.165, 1.54) is 5.56 Å². The first-order valence-electron chi connectivity index (χ1n) is 11.9. The smallest absolute Gasteiger partial charge is 0.233 e. The molecule has 3 aliphatic heterocycles. The minimum atomic E-state index is -0.466. The summed E-state index contributed by atoms with van der Waals surface area (Å²) >= 11 is 0. The molecule has 1 atom stereocenters. The molecule has 2 aromatic carbocycles. The normalized spacial score (nSPS) is 24.4. The molecular weight excluding hydrogens is 402 g/mol. The van der Waals surface area contributed by atoms with Gasteiger partial charge in [-0.15, -0.1) is 0 Å². The molecule has 3 saturated heterocycles. The Morgan fingerprint density at radius 1 is 0.969 bits per heavy atom. The van der Waals surface area contributed by atoms with Crippen molar-refractivity contribution >= 4 is 5.91 Å². The van der Waals surface area contributed by atoms with Crippen molar-refractivity contribution in [3.05, 3.63) is 65.7 Å². The summed E-state index contributed by atoms with van der Waals surface area (Å²) in [6.07, 6.45) is 4.21. The number of hydrogen-bond acceptors (Lipinski definition) is 4. The minimum Gasteiger partial charge on any atom is -0.488 e. The molecule has 0 aromatic heterocycles. The van der Waals surface area contributed by atoms with E-state index in [1.807, 2.05) is 30.3 Å². The summed E-state index contributed by atoms with van der Waals surface area (Å²) in [7, 11) is 0. The van der Waals surface area contributed by atoms with E-state index in [-0.39, 0.29) is 17.6 Å². The summed E-state index contributed by atoms with van der Waals surface area (Å²) in [6, 6.07) is 18.5. The SMILES string of the molecule is Cc1ccc(C2(C(=O)N3CCC4(CC3)C[C@H](Oc3ccccc3)CO4)CCOCC2)cc1. The molecule has 3 fully saturated rings. The van der Waals surface area contributed by atoms with E-state index in [9.17, 15) is 4.79 Å². The first-order chi connectivity index (χ1) is 15.6. The molecule has 5 heteroatoms. The zero-order valence-corrected chi connectivity index (χ0v) is 18.9. The van der Waals surface area contributed by atoms with Crippen LogP contribution in [0.4, 0.5) is 0 Å². The molecular formula is C27H33NO4. The van der Waals surface area contributed by atoms with E-state index in [0.29, 0.717) is 19.8 Å². The molecule has 5 rings (SSSR count). The molecule has 0 saturated carbocycles. The largest absolute Gasteiger partial charge is 0.488 e. The van der Waals surface area contributed by atoms with Crippen LogP contribution in [0, 0.1) is 6.92 Å². The van der Waals surface area contributed by atoms with Crippen LogP contribution in [0.1, 0.15) is 43.2 Å². The molecule has 2 aromatic rings. The van der Waals surface area contributed by atoms with Crippen molar-refractivity contribution in [1.29, 1.82) is 0 Å². The number of aryl methyl sites for hydroxylation is 1. The topological polar surface area (TPSA) is 48.0 Å². The van der Waals surface area contributed by atoms with Gasteiger partial charge in [0.2, 0.25) is 5.91 Å². The third kappa shape index (κ3) is 4.16. The Kier molecular flexibility index (Phi) is 5.95. The Morgan fingerprint density at radius 2 is 1.66 bits per heavy atom. The zero-order chi connectivity index (χ0) is 22.0. The van der Waals surface area contributed by atoms with Crippen molar-refractivity contribution < 1.29 is 19.0 Å². The second-order valence-corrected chi connectivity index (χ2v) is 9.60. The van der Waals surface area contributed by atoms with Gasteiger partial charge in [-0.05, 0) is 50.3 Å². The van der Waals surface area contributed by atoms with E-state index in [4.69, 9.17) is 14.2 Å². The van der Waals surface area contributed by atoms with Gasteiger partial charge >= 0.3 is 0 Å². The van der Waals surface area contributed by atoms with Crippen molar-refractivity contribution in [2.75, 3.05) is 32.9 Å². The number of likely N-dealkylation sites (tertiary alicyclic amines) is 1. The van der Waals surface area contributed by atoms with E-state index in [2.05, 4.69) is 36.1 Å². The van der Waals surface area contributed by atoms with Gasteiger partial charge in [0, 0.05) is 32.7 Å². The lowest BCUT2D eigenvalue weighted by Crippen LogP contribution is -2.54. The predicted molar refractivity (Wildman–Crippen MR) is 123 cm³/mol. The number of ether oxygens (including phenoxy) is 3. The van der Waals surface area contributed by atoms with Gasteiger partial charge in [0.05, 0.1) is 17.6 Å². The predicted octanol–water partition coefficient (Wildman–Crippen LogP) is 4.27. The van der Waals surface area contributed by atoms with Gasteiger partial charge in [-0.2, -0.15) is 0 Å². The van der Waals surface area contributed by atoms with Crippen LogP contribution in [-0.2, 0) is 19.7 Å². The van der Waals surface area contributed by atoms with Crippen LogP contribution in [-0.4, -0.2) is 55.4 Å². The maximum absolute atomic E-state index is 13.9. The fourth-order valence-corrected chi connectivity index (χ4v) is 5.56. The molecule has 0 N–H and O–H groups in total. The number of hydrogen-bond donors (Lipinski definition) is 0. The number of benzene rings is 2. The van der Waals surface area contributed by atoms with Crippen LogP contribution in [0.15, 0.2) is 54.6 Å². The molecule has 0 unspecified atom stereocenters. The highest BCUT2D eigenvalue weighted by Crippen LogP contribution is 2.41. The van der Waals surface area contributed by atoms with Crippen molar-refractivity contribution in [3.63, 3.8) is 0 Å². The van der Waals surface area contributed by atoms with Gasteiger partial charge < -0.3 is 19.1 Å². The molecule has 0 aliphatic carbocycles. The average Bonchev–Trinajstić information content (AvgIpc) is 3.22. The third-order valence-corrected chi connectivity index (χ3v) is 7.54. The second-order valence-electron chi connectivity index (χ2n) is 9.60.